The van der Waals surface area contributed by atoms with Crippen molar-refractivity contribution in [3.63, 3.8) is 0 Å². The van der Waals surface area contributed by atoms with Gasteiger partial charge in [0.15, 0.2) is 0 Å². The van der Waals surface area contributed by atoms with Gasteiger partial charge in [0.2, 0.25) is 0 Å². The number of allylic oxidation sites excluding steroid dienone is 8. The van der Waals surface area contributed by atoms with E-state index in [0.29, 0.717) is 0 Å². The van der Waals surface area contributed by atoms with E-state index in [4.69, 9.17) is 0 Å². The number of hydrogen-bond donors (Lipinski definition) is 0. The van der Waals surface area contributed by atoms with Crippen LogP contribution >= 0.6 is 0 Å². The Hall–Kier alpha value is -0.777. The molecule has 4 rings (SSSR count). The molecular weight excluding hydrogens is 367 g/mol. The number of fused-ring (bicyclic) bond motifs is 1. The molecule has 0 spiro atoms. The fourth-order valence-corrected chi connectivity index (χ4v) is 2.35. The van der Waals surface area contributed by atoms with Crippen molar-refractivity contribution in [2.45, 2.75) is 25.7 Å². The summed E-state index contributed by atoms with van der Waals surface area (Å²) in [5, 5.41) is 0. The second-order valence-electron chi connectivity index (χ2n) is 4.89. The molecular formula is C20H21ClZr. The van der Waals surface area contributed by atoms with E-state index in [2.05, 4.69) is 42.9 Å². The van der Waals surface area contributed by atoms with E-state index in [1.165, 1.54) is 19.3 Å². The normalized spacial score (nSPS) is 18.9. The van der Waals surface area contributed by atoms with E-state index in [1.54, 1.807) is 5.57 Å². The van der Waals surface area contributed by atoms with Crippen LogP contribution in [-0.2, 0) is 26.2 Å². The molecule has 0 radical (unpaired) electrons. The molecule has 1 unspecified atom stereocenters. The summed E-state index contributed by atoms with van der Waals surface area (Å²) in [5.41, 5.74) is 1.58. The first-order valence-electron chi connectivity index (χ1n) is 7.29. The first-order valence-corrected chi connectivity index (χ1v) is 7.29. The van der Waals surface area contributed by atoms with Crippen LogP contribution in [0.4, 0.5) is 0 Å². The SMILES string of the molecule is C1=CCC2CC[CH-]C2=C1.[C-]1=CC=CC1.[Cl-].[Zr+4].[c-]1ccccc1. The van der Waals surface area contributed by atoms with Gasteiger partial charge in [-0.05, 0) is 12.3 Å². The Balaban J connectivity index is 0.000000302. The van der Waals surface area contributed by atoms with Crippen LogP contribution in [0.25, 0.3) is 0 Å². The largest absolute Gasteiger partial charge is 4.00 e. The van der Waals surface area contributed by atoms with Crippen LogP contribution in [-0.4, -0.2) is 0 Å². The van der Waals surface area contributed by atoms with Gasteiger partial charge in [0.1, 0.15) is 0 Å². The minimum Gasteiger partial charge on any atom is -1.00 e. The van der Waals surface area contributed by atoms with Crippen LogP contribution in [0.3, 0.4) is 0 Å². The maximum Gasteiger partial charge on any atom is 4.00 e. The molecule has 22 heavy (non-hydrogen) atoms. The third-order valence-corrected chi connectivity index (χ3v) is 3.40. The van der Waals surface area contributed by atoms with Gasteiger partial charge in [0.25, 0.3) is 0 Å². The minimum atomic E-state index is 0. The van der Waals surface area contributed by atoms with Gasteiger partial charge in [-0.15, -0.1) is 25.0 Å². The zero-order valence-corrected chi connectivity index (χ0v) is 15.9. The van der Waals surface area contributed by atoms with Crippen molar-refractivity contribution in [2.24, 2.45) is 5.92 Å². The fraction of sp³-hybridized carbons (Fsp3) is 0.250. The molecule has 1 fully saturated rings. The summed E-state index contributed by atoms with van der Waals surface area (Å²) in [6, 6.07) is 12.5. The van der Waals surface area contributed by atoms with Crippen LogP contribution in [0.15, 0.2) is 72.4 Å². The molecule has 0 aliphatic heterocycles. The third-order valence-electron chi connectivity index (χ3n) is 3.40. The average Bonchev–Trinajstić information content (AvgIpc) is 3.24. The van der Waals surface area contributed by atoms with E-state index in [1.807, 2.05) is 42.5 Å². The molecule has 0 nitrogen and oxygen atoms in total. The quantitative estimate of drug-likeness (QED) is 0.599. The van der Waals surface area contributed by atoms with Crippen LogP contribution in [0.2, 0.25) is 0 Å². The standard InChI is InChI=1S/C9H11.C6H5.C5H5.ClH.Zr/c1-2-5-9-7-3-6-8(9)4-1;1-2-4-6-5-3-1;1-2-4-5-3-1;;/h1-2,4,6,9H,3,5,7H2;1-5H;1-3H,4H2;1H;/q3*-1;;+4/p-1. The Labute approximate surface area is 160 Å². The first-order chi connectivity index (χ1) is 9.97. The van der Waals surface area contributed by atoms with E-state index in [0.717, 1.165) is 12.3 Å². The van der Waals surface area contributed by atoms with E-state index >= 15 is 0 Å². The molecule has 0 saturated heterocycles. The van der Waals surface area contributed by atoms with Gasteiger partial charge < -0.3 is 12.4 Å². The molecule has 1 atom stereocenters. The molecule has 112 valence electrons. The van der Waals surface area contributed by atoms with Gasteiger partial charge >= 0.3 is 26.2 Å². The Kier molecular flexibility index (Phi) is 13.4. The van der Waals surface area contributed by atoms with E-state index in [9.17, 15) is 0 Å². The predicted octanol–water partition coefficient (Wildman–Crippen LogP) is 2.28. The second kappa shape index (κ2) is 13.9. The van der Waals surface area contributed by atoms with Gasteiger partial charge in [-0.3, -0.25) is 6.08 Å². The minimum absolute atomic E-state index is 0. The summed E-state index contributed by atoms with van der Waals surface area (Å²) < 4.78 is 0. The van der Waals surface area contributed by atoms with E-state index < -0.39 is 0 Å². The van der Waals surface area contributed by atoms with Gasteiger partial charge in [0, 0.05) is 0 Å². The van der Waals surface area contributed by atoms with Gasteiger partial charge in [0.05, 0.1) is 0 Å². The summed E-state index contributed by atoms with van der Waals surface area (Å²) in [5.74, 6) is 0.884. The summed E-state index contributed by atoms with van der Waals surface area (Å²) in [4.78, 5) is 0. The summed E-state index contributed by atoms with van der Waals surface area (Å²) in [6.45, 7) is 0. The monoisotopic (exact) mass is 386 g/mol. The Bertz CT molecular complexity index is 449. The van der Waals surface area contributed by atoms with Crippen molar-refractivity contribution in [3.05, 3.63) is 90.9 Å². The molecule has 1 saturated carbocycles. The average molecular weight is 388 g/mol. The van der Waals surface area contributed by atoms with Crippen LogP contribution in [0.5, 0.6) is 0 Å². The van der Waals surface area contributed by atoms with Crippen molar-refractivity contribution < 1.29 is 38.6 Å². The Morgan fingerprint density at radius 3 is 2.32 bits per heavy atom. The third kappa shape index (κ3) is 8.61. The van der Waals surface area contributed by atoms with Crippen LogP contribution < -0.4 is 12.4 Å². The summed E-state index contributed by atoms with van der Waals surface area (Å²) >= 11 is 0. The van der Waals surface area contributed by atoms with Gasteiger partial charge in [-0.1, -0.05) is 6.42 Å². The Morgan fingerprint density at radius 1 is 1.05 bits per heavy atom. The molecule has 0 heterocycles. The van der Waals surface area contributed by atoms with Crippen molar-refractivity contribution >= 4 is 0 Å². The second-order valence-corrected chi connectivity index (χ2v) is 4.89. The topological polar surface area (TPSA) is 0 Å². The number of rotatable bonds is 0. The van der Waals surface area contributed by atoms with Crippen LogP contribution in [0.1, 0.15) is 25.7 Å². The first kappa shape index (κ1) is 21.2. The maximum absolute atomic E-state index is 2.99. The van der Waals surface area contributed by atoms with Gasteiger partial charge in [-0.2, -0.15) is 42.5 Å². The molecule has 0 aromatic heterocycles. The maximum atomic E-state index is 2.99. The van der Waals surface area contributed by atoms with Crippen molar-refractivity contribution in [1.82, 2.24) is 0 Å². The van der Waals surface area contributed by atoms with Crippen molar-refractivity contribution in [2.75, 3.05) is 0 Å². The summed E-state index contributed by atoms with van der Waals surface area (Å²) in [6.07, 6.45) is 23.0. The fourth-order valence-electron chi connectivity index (χ4n) is 2.35. The number of hydrogen-bond acceptors (Lipinski definition) is 0. The smallest absolute Gasteiger partial charge is 1.00 e. The van der Waals surface area contributed by atoms with E-state index in [-0.39, 0.29) is 38.6 Å². The molecule has 1 aromatic rings. The van der Waals surface area contributed by atoms with Crippen LogP contribution in [0, 0.1) is 24.5 Å². The zero-order chi connectivity index (χ0) is 13.9. The van der Waals surface area contributed by atoms with Crippen molar-refractivity contribution in [1.29, 1.82) is 0 Å². The van der Waals surface area contributed by atoms with Crippen molar-refractivity contribution in [3.8, 4) is 0 Å². The Morgan fingerprint density at radius 2 is 1.86 bits per heavy atom. The summed E-state index contributed by atoms with van der Waals surface area (Å²) in [7, 11) is 0. The van der Waals surface area contributed by atoms with Gasteiger partial charge in [-0.25, -0.2) is 30.2 Å². The molecule has 0 N–H and O–H groups in total. The molecule has 3 aliphatic carbocycles. The molecule has 3 aliphatic rings. The molecule has 1 aromatic carbocycles. The number of halogens is 1. The number of benzene rings is 1. The molecule has 2 heteroatoms. The molecule has 0 amide bonds. The predicted molar refractivity (Wildman–Crippen MR) is 85.7 cm³/mol. The molecule has 0 bridgehead atoms. The zero-order valence-electron chi connectivity index (χ0n) is 12.7.